The molecule has 3 heterocycles. The van der Waals surface area contributed by atoms with E-state index in [-0.39, 0.29) is 5.28 Å². The Balaban J connectivity index is 0.000000924. The molecular formula is C16H26ClN3O3. The van der Waals surface area contributed by atoms with Crippen LogP contribution in [0.2, 0.25) is 5.28 Å². The number of hydrogen-bond donors (Lipinski definition) is 0. The Labute approximate surface area is 143 Å². The summed E-state index contributed by atoms with van der Waals surface area (Å²) in [5.74, 6) is 0.884. The van der Waals surface area contributed by atoms with Crippen molar-refractivity contribution in [3.05, 3.63) is 16.5 Å². The molecule has 1 atom stereocenters. The van der Waals surface area contributed by atoms with E-state index in [1.54, 1.807) is 7.11 Å². The predicted octanol–water partition coefficient (Wildman–Crippen LogP) is 2.77. The summed E-state index contributed by atoms with van der Waals surface area (Å²) in [6, 6.07) is 0. The van der Waals surface area contributed by atoms with Crippen molar-refractivity contribution in [2.24, 2.45) is 0 Å². The van der Waals surface area contributed by atoms with Crippen molar-refractivity contribution in [3.63, 3.8) is 0 Å². The molecule has 0 spiro atoms. The number of methoxy groups -OCH3 is 1. The number of anilines is 1. The fraction of sp³-hybridized carbons (Fsp3) is 0.750. The van der Waals surface area contributed by atoms with Crippen molar-refractivity contribution >= 4 is 17.4 Å². The quantitative estimate of drug-likeness (QED) is 0.783. The maximum atomic E-state index is 6.14. The van der Waals surface area contributed by atoms with E-state index in [9.17, 15) is 0 Å². The summed E-state index contributed by atoms with van der Waals surface area (Å²) < 4.78 is 16.6. The summed E-state index contributed by atoms with van der Waals surface area (Å²) in [7, 11) is 1.69. The number of morpholine rings is 1. The van der Waals surface area contributed by atoms with Crippen LogP contribution in [0.4, 0.5) is 5.82 Å². The maximum Gasteiger partial charge on any atom is 0.224 e. The molecule has 0 aromatic carbocycles. The third-order valence-corrected chi connectivity index (χ3v) is 4.26. The second-order valence-corrected chi connectivity index (χ2v) is 5.84. The molecule has 2 aliphatic heterocycles. The van der Waals surface area contributed by atoms with Crippen LogP contribution in [0.25, 0.3) is 0 Å². The lowest BCUT2D eigenvalue weighted by molar-refractivity contribution is -0.0449. The van der Waals surface area contributed by atoms with E-state index in [4.69, 9.17) is 25.8 Å². The zero-order valence-electron chi connectivity index (χ0n) is 14.4. The predicted molar refractivity (Wildman–Crippen MR) is 90.1 cm³/mol. The zero-order valence-corrected chi connectivity index (χ0v) is 15.2. The van der Waals surface area contributed by atoms with Crippen LogP contribution in [0.5, 0.6) is 0 Å². The largest absolute Gasteiger partial charge is 0.385 e. The second kappa shape index (κ2) is 8.24. The van der Waals surface area contributed by atoms with Crippen molar-refractivity contribution < 1.29 is 14.2 Å². The van der Waals surface area contributed by atoms with Gasteiger partial charge in [-0.25, -0.2) is 9.97 Å². The lowest BCUT2D eigenvalue weighted by Crippen LogP contribution is -2.37. The molecular weight excluding hydrogens is 318 g/mol. The van der Waals surface area contributed by atoms with Crippen LogP contribution in [-0.4, -0.2) is 50.0 Å². The van der Waals surface area contributed by atoms with Crippen molar-refractivity contribution in [2.75, 3.05) is 44.9 Å². The highest BCUT2D eigenvalue weighted by Gasteiger charge is 2.40. The van der Waals surface area contributed by atoms with Gasteiger partial charge in [-0.3, -0.25) is 0 Å². The molecule has 0 saturated carbocycles. The van der Waals surface area contributed by atoms with Crippen LogP contribution in [-0.2, 0) is 26.4 Å². The highest BCUT2D eigenvalue weighted by molar-refractivity contribution is 6.28. The fourth-order valence-corrected chi connectivity index (χ4v) is 3.00. The maximum absolute atomic E-state index is 6.14. The molecule has 0 N–H and O–H groups in total. The Kier molecular flexibility index (Phi) is 6.59. The first-order valence-electron chi connectivity index (χ1n) is 8.16. The van der Waals surface area contributed by atoms with E-state index < -0.39 is 5.60 Å². The summed E-state index contributed by atoms with van der Waals surface area (Å²) in [5, 5.41) is 0.268. The van der Waals surface area contributed by atoms with E-state index in [0.29, 0.717) is 26.4 Å². The van der Waals surface area contributed by atoms with Gasteiger partial charge in [0.2, 0.25) is 5.28 Å². The molecule has 7 heteroatoms. The number of nitrogens with zero attached hydrogens (tertiary/aromatic N) is 3. The molecule has 1 aromatic rings. The fourth-order valence-electron chi connectivity index (χ4n) is 2.84. The summed E-state index contributed by atoms with van der Waals surface area (Å²) in [5.41, 5.74) is 1.47. The average molecular weight is 344 g/mol. The van der Waals surface area contributed by atoms with Crippen molar-refractivity contribution in [1.82, 2.24) is 9.97 Å². The third kappa shape index (κ3) is 3.94. The van der Waals surface area contributed by atoms with Gasteiger partial charge in [0.15, 0.2) is 0 Å². The third-order valence-electron chi connectivity index (χ3n) is 4.09. The van der Waals surface area contributed by atoms with Crippen LogP contribution >= 0.6 is 11.6 Å². The molecule has 1 unspecified atom stereocenters. The Morgan fingerprint density at radius 2 is 1.96 bits per heavy atom. The number of fused-ring (bicyclic) bond motifs is 1. The first kappa shape index (κ1) is 18.4. The SMILES string of the molecule is CC.COCCC1(C)OCc2c(N3CCOCC3)nc(Cl)nc21. The minimum absolute atomic E-state index is 0.268. The minimum atomic E-state index is -0.459. The van der Waals surface area contributed by atoms with Crippen LogP contribution in [0, 0.1) is 0 Å². The molecule has 1 fully saturated rings. The van der Waals surface area contributed by atoms with Gasteiger partial charge in [-0.2, -0.15) is 0 Å². The van der Waals surface area contributed by atoms with Crippen LogP contribution < -0.4 is 4.90 Å². The molecule has 3 rings (SSSR count). The lowest BCUT2D eigenvalue weighted by atomic mass is 9.97. The van der Waals surface area contributed by atoms with Crippen molar-refractivity contribution in [3.8, 4) is 0 Å². The Hall–Kier alpha value is -0.950. The molecule has 2 aliphatic rings. The highest BCUT2D eigenvalue weighted by Crippen LogP contribution is 2.41. The van der Waals surface area contributed by atoms with Gasteiger partial charge in [0.25, 0.3) is 0 Å². The van der Waals surface area contributed by atoms with Gasteiger partial charge >= 0.3 is 0 Å². The molecule has 0 bridgehead atoms. The molecule has 0 radical (unpaired) electrons. The topological polar surface area (TPSA) is 56.7 Å². The first-order valence-corrected chi connectivity index (χ1v) is 8.54. The molecule has 1 saturated heterocycles. The number of ether oxygens (including phenoxy) is 3. The minimum Gasteiger partial charge on any atom is -0.385 e. The summed E-state index contributed by atoms with van der Waals surface area (Å²) in [4.78, 5) is 11.1. The van der Waals surface area contributed by atoms with Gasteiger partial charge in [0.1, 0.15) is 11.4 Å². The van der Waals surface area contributed by atoms with Gasteiger partial charge in [-0.15, -0.1) is 0 Å². The Morgan fingerprint density at radius 3 is 2.61 bits per heavy atom. The molecule has 1 aromatic heterocycles. The molecule has 130 valence electrons. The Morgan fingerprint density at radius 1 is 1.26 bits per heavy atom. The zero-order chi connectivity index (χ0) is 16.9. The molecule has 23 heavy (non-hydrogen) atoms. The second-order valence-electron chi connectivity index (χ2n) is 5.51. The number of halogens is 1. The van der Waals surface area contributed by atoms with Gasteiger partial charge < -0.3 is 19.1 Å². The van der Waals surface area contributed by atoms with E-state index in [1.807, 2.05) is 20.8 Å². The van der Waals surface area contributed by atoms with E-state index >= 15 is 0 Å². The first-order chi connectivity index (χ1) is 11.1. The van der Waals surface area contributed by atoms with Gasteiger partial charge in [0, 0.05) is 38.8 Å². The molecule has 0 amide bonds. The van der Waals surface area contributed by atoms with E-state index in [1.165, 1.54) is 0 Å². The van der Waals surface area contributed by atoms with E-state index in [2.05, 4.69) is 14.9 Å². The summed E-state index contributed by atoms with van der Waals surface area (Å²) >= 11 is 6.14. The van der Waals surface area contributed by atoms with Gasteiger partial charge in [0.05, 0.1) is 25.5 Å². The van der Waals surface area contributed by atoms with E-state index in [0.717, 1.165) is 36.6 Å². The van der Waals surface area contributed by atoms with Crippen molar-refractivity contribution in [1.29, 1.82) is 0 Å². The van der Waals surface area contributed by atoms with Crippen LogP contribution in [0.1, 0.15) is 38.4 Å². The van der Waals surface area contributed by atoms with Gasteiger partial charge in [-0.05, 0) is 18.5 Å². The number of hydrogen-bond acceptors (Lipinski definition) is 6. The summed E-state index contributed by atoms with van der Waals surface area (Å²) in [6.45, 7) is 10.2. The standard InChI is InChI=1S/C14H20ClN3O3.C2H6/c1-14(3-6-19-2)11-10(9-21-14)12(17-13(15)16-11)18-4-7-20-8-5-18;1-2/h3-9H2,1-2H3;1-2H3. The molecule has 0 aliphatic carbocycles. The number of rotatable bonds is 4. The lowest BCUT2D eigenvalue weighted by Gasteiger charge is -2.29. The smallest absolute Gasteiger partial charge is 0.224 e. The normalized spacial score (nSPS) is 23.3. The van der Waals surface area contributed by atoms with Crippen molar-refractivity contribution in [2.45, 2.75) is 39.4 Å². The molecule has 6 nitrogen and oxygen atoms in total. The monoisotopic (exact) mass is 343 g/mol. The van der Waals surface area contributed by atoms with Gasteiger partial charge in [-0.1, -0.05) is 13.8 Å². The summed E-state index contributed by atoms with van der Waals surface area (Å²) in [6.07, 6.45) is 0.742. The van der Waals surface area contributed by atoms with Crippen LogP contribution in [0.3, 0.4) is 0 Å². The van der Waals surface area contributed by atoms with Crippen LogP contribution in [0.15, 0.2) is 0 Å². The average Bonchev–Trinajstić information content (AvgIpc) is 2.92. The highest BCUT2D eigenvalue weighted by atomic mass is 35.5. The number of aromatic nitrogens is 2. The Bertz CT molecular complexity index is 524.